The summed E-state index contributed by atoms with van der Waals surface area (Å²) in [5.74, 6) is 2.64. The van der Waals surface area contributed by atoms with E-state index in [0.717, 1.165) is 34.9 Å². The lowest BCUT2D eigenvalue weighted by Gasteiger charge is -2.17. The van der Waals surface area contributed by atoms with Crippen LogP contribution in [-0.2, 0) is 4.79 Å². The molecular formula is C19H20N4O2. The molecule has 1 aliphatic rings. The van der Waals surface area contributed by atoms with E-state index < -0.39 is 0 Å². The number of carbonyl (C=O) groups excluding carboxylic acids is 1. The van der Waals surface area contributed by atoms with Crippen LogP contribution in [-0.4, -0.2) is 35.0 Å². The maximum atomic E-state index is 11.6. The molecule has 0 aliphatic carbocycles. The van der Waals surface area contributed by atoms with Crippen LogP contribution in [0.5, 0.6) is 0 Å². The van der Waals surface area contributed by atoms with E-state index in [1.807, 2.05) is 43.3 Å². The number of para-hydroxylation sites is 2. The van der Waals surface area contributed by atoms with E-state index in [1.165, 1.54) is 0 Å². The second kappa shape index (κ2) is 6.20. The van der Waals surface area contributed by atoms with Crippen LogP contribution in [0.2, 0.25) is 0 Å². The molecule has 0 spiro atoms. The molecule has 1 saturated heterocycles. The Bertz CT molecular complexity index is 920. The lowest BCUT2D eigenvalue weighted by atomic mass is 10.0. The Hall–Kier alpha value is -2.89. The topological polar surface area (TPSA) is 71.3 Å². The van der Waals surface area contributed by atoms with Crippen LogP contribution in [0.25, 0.3) is 11.0 Å². The number of nitrogens with zero attached hydrogens (tertiary/aromatic N) is 3. The van der Waals surface area contributed by atoms with Gasteiger partial charge in [-0.05, 0) is 31.2 Å². The first kappa shape index (κ1) is 15.6. The van der Waals surface area contributed by atoms with Gasteiger partial charge < -0.3 is 14.6 Å². The Labute approximate surface area is 145 Å². The molecule has 0 unspecified atom stereocenters. The van der Waals surface area contributed by atoms with Gasteiger partial charge >= 0.3 is 0 Å². The minimum Gasteiger partial charge on any atom is -0.466 e. The lowest BCUT2D eigenvalue weighted by molar-refractivity contribution is -0.119. The van der Waals surface area contributed by atoms with Crippen molar-refractivity contribution in [2.45, 2.75) is 25.8 Å². The third-order valence-electron chi connectivity index (χ3n) is 4.59. The SMILES string of the molecule is CC(=O)N[C@@H]1CN(c2cnc3ccccc3n2)C[C@H]1c1ccc(C)o1. The van der Waals surface area contributed by atoms with Crippen molar-refractivity contribution in [2.24, 2.45) is 0 Å². The van der Waals surface area contributed by atoms with Crippen LogP contribution < -0.4 is 10.2 Å². The van der Waals surface area contributed by atoms with Crippen molar-refractivity contribution in [2.75, 3.05) is 18.0 Å². The van der Waals surface area contributed by atoms with Crippen molar-refractivity contribution in [3.8, 4) is 0 Å². The number of fused-ring (bicyclic) bond motifs is 1. The van der Waals surface area contributed by atoms with Gasteiger partial charge in [0, 0.05) is 20.0 Å². The summed E-state index contributed by atoms with van der Waals surface area (Å²) in [6.07, 6.45) is 1.79. The molecule has 128 valence electrons. The zero-order valence-electron chi connectivity index (χ0n) is 14.3. The molecule has 6 heteroatoms. The highest BCUT2D eigenvalue weighted by Gasteiger charge is 2.37. The van der Waals surface area contributed by atoms with E-state index in [4.69, 9.17) is 9.40 Å². The van der Waals surface area contributed by atoms with Crippen LogP contribution in [0.15, 0.2) is 47.0 Å². The molecule has 2 atom stereocenters. The first-order valence-corrected chi connectivity index (χ1v) is 8.40. The lowest BCUT2D eigenvalue weighted by Crippen LogP contribution is -2.38. The van der Waals surface area contributed by atoms with Gasteiger partial charge in [-0.3, -0.25) is 9.78 Å². The van der Waals surface area contributed by atoms with Crippen molar-refractivity contribution in [1.29, 1.82) is 0 Å². The molecule has 0 radical (unpaired) electrons. The van der Waals surface area contributed by atoms with Crippen LogP contribution >= 0.6 is 0 Å². The Kier molecular flexibility index (Phi) is 3.87. The number of furan rings is 1. The second-order valence-electron chi connectivity index (χ2n) is 6.48. The molecule has 1 aromatic carbocycles. The van der Waals surface area contributed by atoms with Crippen LogP contribution in [0.4, 0.5) is 5.82 Å². The fourth-order valence-corrected chi connectivity index (χ4v) is 3.44. The van der Waals surface area contributed by atoms with Crippen molar-refractivity contribution < 1.29 is 9.21 Å². The highest BCUT2D eigenvalue weighted by atomic mass is 16.3. The number of anilines is 1. The third kappa shape index (κ3) is 3.07. The van der Waals surface area contributed by atoms with Gasteiger partial charge in [0.15, 0.2) is 0 Å². The van der Waals surface area contributed by atoms with Gasteiger partial charge in [0.25, 0.3) is 0 Å². The predicted molar refractivity (Wildman–Crippen MR) is 95.5 cm³/mol. The smallest absolute Gasteiger partial charge is 0.217 e. The molecule has 0 bridgehead atoms. The van der Waals surface area contributed by atoms with E-state index in [2.05, 4.69) is 15.2 Å². The van der Waals surface area contributed by atoms with Crippen molar-refractivity contribution in [1.82, 2.24) is 15.3 Å². The van der Waals surface area contributed by atoms with E-state index in [9.17, 15) is 4.79 Å². The number of hydrogen-bond donors (Lipinski definition) is 1. The fourth-order valence-electron chi connectivity index (χ4n) is 3.44. The Balaban J connectivity index is 1.64. The van der Waals surface area contributed by atoms with Crippen LogP contribution in [0, 0.1) is 6.92 Å². The molecule has 1 fully saturated rings. The minimum absolute atomic E-state index is 0.0173. The monoisotopic (exact) mass is 336 g/mol. The fraction of sp³-hybridized carbons (Fsp3) is 0.316. The number of aryl methyl sites for hydroxylation is 1. The average molecular weight is 336 g/mol. The molecule has 6 nitrogen and oxygen atoms in total. The molecule has 3 aromatic rings. The predicted octanol–water partition coefficient (Wildman–Crippen LogP) is 2.64. The zero-order chi connectivity index (χ0) is 17.4. The van der Waals surface area contributed by atoms with Crippen LogP contribution in [0.1, 0.15) is 24.4 Å². The third-order valence-corrected chi connectivity index (χ3v) is 4.59. The van der Waals surface area contributed by atoms with Gasteiger partial charge in [-0.15, -0.1) is 0 Å². The number of rotatable bonds is 3. The standard InChI is InChI=1S/C19H20N4O2/c1-12-7-8-18(25-12)14-10-23(11-17(14)21-13(2)24)19-9-20-15-5-3-4-6-16(15)22-19/h3-9,14,17H,10-11H2,1-2H3,(H,21,24)/t14-,17-/m1/s1. The summed E-state index contributed by atoms with van der Waals surface area (Å²) in [5.41, 5.74) is 1.75. The molecular weight excluding hydrogens is 316 g/mol. The van der Waals surface area contributed by atoms with E-state index >= 15 is 0 Å². The molecule has 1 amide bonds. The summed E-state index contributed by atoms with van der Waals surface area (Å²) in [6, 6.07) is 11.7. The highest BCUT2D eigenvalue weighted by Crippen LogP contribution is 2.31. The number of carbonyl (C=O) groups is 1. The number of aromatic nitrogens is 2. The summed E-state index contributed by atoms with van der Waals surface area (Å²) >= 11 is 0. The summed E-state index contributed by atoms with van der Waals surface area (Å²) < 4.78 is 5.82. The van der Waals surface area contributed by atoms with Crippen molar-refractivity contribution in [3.05, 3.63) is 54.1 Å². The van der Waals surface area contributed by atoms with E-state index in [0.29, 0.717) is 6.54 Å². The van der Waals surface area contributed by atoms with Gasteiger partial charge in [-0.2, -0.15) is 0 Å². The van der Waals surface area contributed by atoms with Gasteiger partial charge in [0.1, 0.15) is 17.3 Å². The average Bonchev–Trinajstić information content (AvgIpc) is 3.20. The first-order valence-electron chi connectivity index (χ1n) is 8.40. The van der Waals surface area contributed by atoms with Gasteiger partial charge in [-0.25, -0.2) is 4.98 Å². The van der Waals surface area contributed by atoms with Crippen LogP contribution in [0.3, 0.4) is 0 Å². The van der Waals surface area contributed by atoms with Gasteiger partial charge in [0.05, 0.1) is 29.2 Å². The molecule has 3 heterocycles. The molecule has 25 heavy (non-hydrogen) atoms. The Morgan fingerprint density at radius 3 is 2.72 bits per heavy atom. The summed E-state index contributed by atoms with van der Waals surface area (Å²) in [7, 11) is 0. The molecule has 1 N–H and O–H groups in total. The molecule has 2 aromatic heterocycles. The van der Waals surface area contributed by atoms with E-state index in [1.54, 1.807) is 13.1 Å². The summed E-state index contributed by atoms with van der Waals surface area (Å²) in [4.78, 5) is 23.0. The van der Waals surface area contributed by atoms with E-state index in [-0.39, 0.29) is 17.9 Å². The minimum atomic E-state index is -0.0373. The van der Waals surface area contributed by atoms with Crippen molar-refractivity contribution in [3.63, 3.8) is 0 Å². The number of nitrogens with one attached hydrogen (secondary N) is 1. The Morgan fingerprint density at radius 2 is 2.00 bits per heavy atom. The Morgan fingerprint density at radius 1 is 1.20 bits per heavy atom. The maximum absolute atomic E-state index is 11.6. The quantitative estimate of drug-likeness (QED) is 0.796. The second-order valence-corrected chi connectivity index (χ2v) is 6.48. The normalized spacial score (nSPS) is 20.2. The highest BCUT2D eigenvalue weighted by molar-refractivity contribution is 5.76. The zero-order valence-corrected chi connectivity index (χ0v) is 14.3. The summed E-state index contributed by atoms with van der Waals surface area (Å²) in [5, 5.41) is 3.05. The number of benzene rings is 1. The maximum Gasteiger partial charge on any atom is 0.217 e. The summed E-state index contributed by atoms with van der Waals surface area (Å²) in [6.45, 7) is 4.88. The molecule has 1 aliphatic heterocycles. The van der Waals surface area contributed by atoms with Crippen molar-refractivity contribution >= 4 is 22.8 Å². The number of hydrogen-bond acceptors (Lipinski definition) is 5. The first-order chi connectivity index (χ1) is 12.1. The molecule has 4 rings (SSSR count). The largest absolute Gasteiger partial charge is 0.466 e. The molecule has 0 saturated carbocycles. The number of amides is 1. The van der Waals surface area contributed by atoms with Gasteiger partial charge in [-0.1, -0.05) is 12.1 Å². The van der Waals surface area contributed by atoms with Gasteiger partial charge in [0.2, 0.25) is 5.91 Å².